The minimum atomic E-state index is -2.22. The van der Waals surface area contributed by atoms with Crippen molar-refractivity contribution in [3.8, 4) is 12.3 Å². The Morgan fingerprint density at radius 3 is 2.16 bits per heavy atom. The van der Waals surface area contributed by atoms with Crippen molar-refractivity contribution in [2.75, 3.05) is 19.8 Å². The highest BCUT2D eigenvalue weighted by molar-refractivity contribution is 7.00. The summed E-state index contributed by atoms with van der Waals surface area (Å²) >= 11 is 0. The molecule has 0 spiro atoms. The molecule has 0 radical (unpaired) electrons. The highest BCUT2D eigenvalue weighted by Gasteiger charge is 2.61. The minimum absolute atomic E-state index is 0.0628. The Balaban J connectivity index is 0.000000205. The number of amides is 3. The molecule has 12 heteroatoms. The van der Waals surface area contributed by atoms with E-state index in [4.69, 9.17) is 11.2 Å². The molecule has 3 aromatic rings. The number of hydrogen-bond donors (Lipinski definition) is 0. The number of allylic oxidation sites excluding steroid dienone is 2. The van der Waals surface area contributed by atoms with Crippen LogP contribution >= 0.6 is 0 Å². The van der Waals surface area contributed by atoms with E-state index in [1.807, 2.05) is 52.0 Å². The fourth-order valence-electron chi connectivity index (χ4n) is 5.59. The first-order chi connectivity index (χ1) is 21.3. The molecule has 0 N–H and O–H groups in total. The van der Waals surface area contributed by atoms with Crippen molar-refractivity contribution in [2.45, 2.75) is 40.4 Å². The van der Waals surface area contributed by atoms with Gasteiger partial charge in [-0.1, -0.05) is 72.6 Å². The highest BCUT2D eigenvalue weighted by atomic mass is 28.3. The van der Waals surface area contributed by atoms with Crippen LogP contribution < -0.4 is 10.4 Å². The molecule has 2 aliphatic rings. The molecule has 2 unspecified atom stereocenters. The summed E-state index contributed by atoms with van der Waals surface area (Å²) < 4.78 is 33.5. The summed E-state index contributed by atoms with van der Waals surface area (Å²) in [7, 11) is -2.22. The molecule has 1 aliphatic carbocycles. The predicted molar refractivity (Wildman–Crippen MR) is 168 cm³/mol. The van der Waals surface area contributed by atoms with Crippen LogP contribution in [0, 0.1) is 41.2 Å². The summed E-state index contributed by atoms with van der Waals surface area (Å²) in [5.74, 6) is 0.888. The van der Waals surface area contributed by atoms with Crippen LogP contribution in [0.2, 0.25) is 6.55 Å². The molecule has 1 saturated heterocycles. The topological polar surface area (TPSA) is 97.6 Å². The van der Waals surface area contributed by atoms with E-state index in [-0.39, 0.29) is 54.7 Å². The zero-order valence-corrected chi connectivity index (χ0v) is 27.0. The zero-order valence-electron chi connectivity index (χ0n) is 26.0. The SMILES string of the molecule is C#CCN1CC(=O)N(COC(=O)C2C(C=C(C)C)C2(C)C)C1=O.C[Si](Cn1cncn1)(c1ccc(F)cc1)c1ccc(F)cc1. The smallest absolute Gasteiger partial charge is 0.330 e. The molecule has 1 aromatic heterocycles. The lowest BCUT2D eigenvalue weighted by Crippen LogP contribution is -2.59. The summed E-state index contributed by atoms with van der Waals surface area (Å²) in [4.78, 5) is 42.2. The number of benzene rings is 2. The van der Waals surface area contributed by atoms with Crippen LogP contribution in [-0.4, -0.2) is 70.4 Å². The first-order valence-corrected chi connectivity index (χ1v) is 17.2. The number of imide groups is 1. The Labute approximate surface area is 262 Å². The van der Waals surface area contributed by atoms with E-state index >= 15 is 0 Å². The number of carbonyl (C=O) groups is 3. The summed E-state index contributed by atoms with van der Waals surface area (Å²) in [6.45, 7) is 9.77. The normalized spacial score (nSPS) is 18.5. The average molecular weight is 634 g/mol. The predicted octanol–water partition coefficient (Wildman–Crippen LogP) is 3.61. The van der Waals surface area contributed by atoms with Crippen LogP contribution in [0.4, 0.5) is 13.6 Å². The van der Waals surface area contributed by atoms with Gasteiger partial charge in [0.1, 0.15) is 38.9 Å². The monoisotopic (exact) mass is 633 g/mol. The van der Waals surface area contributed by atoms with Crippen molar-refractivity contribution in [1.29, 1.82) is 0 Å². The summed E-state index contributed by atoms with van der Waals surface area (Å²) in [6.07, 6.45) is 11.0. The molecule has 45 heavy (non-hydrogen) atoms. The Bertz CT molecular complexity index is 1550. The first kappa shape index (κ1) is 33.3. The van der Waals surface area contributed by atoms with Crippen molar-refractivity contribution in [2.24, 2.45) is 17.3 Å². The molecule has 236 valence electrons. The van der Waals surface area contributed by atoms with E-state index in [1.54, 1.807) is 11.0 Å². The Hall–Kier alpha value is -4.63. The van der Waals surface area contributed by atoms with Crippen LogP contribution in [0.1, 0.15) is 27.7 Å². The van der Waals surface area contributed by atoms with Crippen LogP contribution in [0.15, 0.2) is 72.8 Å². The summed E-state index contributed by atoms with van der Waals surface area (Å²) in [5.41, 5.74) is 0.983. The molecule has 2 atom stereocenters. The molecular weight excluding hydrogens is 596 g/mol. The maximum absolute atomic E-state index is 13.2. The Kier molecular flexibility index (Phi) is 10.0. The third-order valence-corrected chi connectivity index (χ3v) is 12.5. The number of terminal acetylenes is 1. The second-order valence-electron chi connectivity index (χ2n) is 12.3. The molecule has 3 amide bonds. The van der Waals surface area contributed by atoms with Gasteiger partial charge in [0.05, 0.1) is 12.5 Å². The number of hydrogen-bond acceptors (Lipinski definition) is 6. The van der Waals surface area contributed by atoms with Crippen molar-refractivity contribution in [1.82, 2.24) is 24.6 Å². The quantitative estimate of drug-likeness (QED) is 0.118. The number of rotatable bonds is 9. The second-order valence-corrected chi connectivity index (χ2v) is 16.4. The van der Waals surface area contributed by atoms with Gasteiger partial charge in [-0.2, -0.15) is 5.10 Å². The third-order valence-electron chi connectivity index (χ3n) is 8.33. The number of urea groups is 1. The van der Waals surface area contributed by atoms with Gasteiger partial charge in [0, 0.05) is 6.17 Å². The Morgan fingerprint density at radius 1 is 1.09 bits per heavy atom. The van der Waals surface area contributed by atoms with Gasteiger partial charge in [0.15, 0.2) is 6.73 Å². The Morgan fingerprint density at radius 2 is 1.67 bits per heavy atom. The number of halogens is 2. The molecule has 2 heterocycles. The van der Waals surface area contributed by atoms with Crippen LogP contribution in [-0.2, 0) is 20.5 Å². The van der Waals surface area contributed by atoms with E-state index in [1.165, 1.54) is 35.5 Å². The molecule has 0 bridgehead atoms. The van der Waals surface area contributed by atoms with Gasteiger partial charge in [-0.05, 0) is 49.4 Å². The number of carbonyl (C=O) groups excluding carboxylic acids is 3. The molecule has 9 nitrogen and oxygen atoms in total. The summed E-state index contributed by atoms with van der Waals surface area (Å²) in [6, 6.07) is 12.6. The maximum Gasteiger partial charge on any atom is 0.330 e. The number of esters is 1. The van der Waals surface area contributed by atoms with E-state index in [0.29, 0.717) is 6.17 Å². The minimum Gasteiger partial charge on any atom is -0.443 e. The van der Waals surface area contributed by atoms with Crippen molar-refractivity contribution in [3.05, 3.63) is 84.5 Å². The fourth-order valence-corrected chi connectivity index (χ4v) is 8.91. The highest BCUT2D eigenvalue weighted by Crippen LogP contribution is 2.59. The largest absolute Gasteiger partial charge is 0.443 e. The van der Waals surface area contributed by atoms with E-state index < -0.39 is 20.0 Å². The number of aromatic nitrogens is 3. The van der Waals surface area contributed by atoms with Crippen LogP contribution in [0.3, 0.4) is 0 Å². The van der Waals surface area contributed by atoms with Crippen molar-refractivity contribution < 1.29 is 27.9 Å². The number of ether oxygens (including phenoxy) is 1. The number of nitrogens with zero attached hydrogens (tertiary/aromatic N) is 5. The maximum atomic E-state index is 13.2. The molecule has 1 aliphatic heterocycles. The van der Waals surface area contributed by atoms with Gasteiger partial charge in [-0.3, -0.25) is 14.3 Å². The van der Waals surface area contributed by atoms with E-state index in [2.05, 4.69) is 28.6 Å². The van der Waals surface area contributed by atoms with Crippen LogP contribution in [0.25, 0.3) is 0 Å². The third kappa shape index (κ3) is 7.54. The van der Waals surface area contributed by atoms with Crippen LogP contribution in [0.5, 0.6) is 0 Å². The molecular formula is C33H37F2N5O4Si. The first-order valence-electron chi connectivity index (χ1n) is 14.5. The average Bonchev–Trinajstić information content (AvgIpc) is 3.28. The molecule has 5 rings (SSSR count). The second kappa shape index (κ2) is 13.6. The molecule has 2 aromatic carbocycles. The lowest BCUT2D eigenvalue weighted by atomic mass is 10.1. The molecule has 1 saturated carbocycles. The van der Waals surface area contributed by atoms with Gasteiger partial charge in [0.25, 0.3) is 5.91 Å². The van der Waals surface area contributed by atoms with Gasteiger partial charge in [0.2, 0.25) is 0 Å². The lowest BCUT2D eigenvalue weighted by molar-refractivity contribution is -0.151. The zero-order chi connectivity index (χ0) is 32.9. The van der Waals surface area contributed by atoms with Gasteiger partial charge in [-0.25, -0.2) is 23.5 Å². The lowest BCUT2D eigenvalue weighted by Gasteiger charge is -2.28. The van der Waals surface area contributed by atoms with Crippen molar-refractivity contribution in [3.63, 3.8) is 0 Å². The fraction of sp³-hybridized carbons (Fsp3) is 0.364. The van der Waals surface area contributed by atoms with E-state index in [0.717, 1.165) is 20.8 Å². The summed E-state index contributed by atoms with van der Waals surface area (Å²) in [5, 5.41) is 6.31. The van der Waals surface area contributed by atoms with Gasteiger partial charge < -0.3 is 9.64 Å². The van der Waals surface area contributed by atoms with Gasteiger partial charge in [-0.15, -0.1) is 6.42 Å². The van der Waals surface area contributed by atoms with E-state index in [9.17, 15) is 23.2 Å². The van der Waals surface area contributed by atoms with Crippen molar-refractivity contribution >= 4 is 36.4 Å². The standard InChI is InChI=1S/C17H22N2O4.C16H15F2N3Si/c1-6-7-18-9-13(20)19(16(18)22)10-23-15(21)14-12(8-11(2)3)17(14,4)5;1-22(12-21-11-19-10-20-21,15-6-2-13(17)3-7-15)16-8-4-14(18)5-9-16/h1,8,12,14H,7,9-10H2,2-5H3;2-11H,12H2,1H3. The molecule has 2 fully saturated rings. The van der Waals surface area contributed by atoms with Gasteiger partial charge >= 0.3 is 12.0 Å².